The second-order valence-electron chi connectivity index (χ2n) is 6.76. The molecule has 146 valence electrons. The highest BCUT2D eigenvalue weighted by molar-refractivity contribution is 5.84. The predicted molar refractivity (Wildman–Crippen MR) is 91.7 cm³/mol. The van der Waals surface area contributed by atoms with E-state index in [0.717, 1.165) is 17.0 Å². The Morgan fingerprint density at radius 2 is 1.86 bits per heavy atom. The molecule has 1 fully saturated rings. The summed E-state index contributed by atoms with van der Waals surface area (Å²) in [4.78, 5) is 17.5. The summed E-state index contributed by atoms with van der Waals surface area (Å²) in [6.45, 7) is -1.34. The highest BCUT2D eigenvalue weighted by atomic mass is 19.4. The highest BCUT2D eigenvalue weighted by Crippen LogP contribution is 2.33. The van der Waals surface area contributed by atoms with Crippen molar-refractivity contribution >= 4 is 16.9 Å². The number of hydrogen-bond donors (Lipinski definition) is 0. The molecule has 0 N–H and O–H groups in total. The van der Waals surface area contributed by atoms with Crippen LogP contribution in [0.1, 0.15) is 5.56 Å². The van der Waals surface area contributed by atoms with Gasteiger partial charge >= 0.3 is 6.18 Å². The Kier molecular flexibility index (Phi) is 4.13. The van der Waals surface area contributed by atoms with Gasteiger partial charge in [0.25, 0.3) is 5.92 Å². The van der Waals surface area contributed by atoms with Crippen LogP contribution < -0.4 is 0 Å². The van der Waals surface area contributed by atoms with Crippen molar-refractivity contribution in [2.75, 3.05) is 13.1 Å². The lowest BCUT2D eigenvalue weighted by Gasteiger charge is -2.38. The lowest BCUT2D eigenvalue weighted by atomic mass is 10.0. The van der Waals surface area contributed by atoms with Gasteiger partial charge in [0.15, 0.2) is 0 Å². The number of likely N-dealkylation sites (tertiary alicyclic amines) is 1. The van der Waals surface area contributed by atoms with Crippen LogP contribution in [0.4, 0.5) is 22.0 Å². The van der Waals surface area contributed by atoms with Crippen molar-refractivity contribution in [3.05, 3.63) is 54.4 Å². The van der Waals surface area contributed by atoms with Gasteiger partial charge in [-0.2, -0.15) is 13.2 Å². The molecule has 3 aromatic rings. The molecular weight excluding hydrogens is 381 g/mol. The number of alkyl halides is 5. The van der Waals surface area contributed by atoms with Crippen LogP contribution in [-0.4, -0.2) is 39.4 Å². The summed E-state index contributed by atoms with van der Waals surface area (Å²) in [5.74, 6) is -3.29. The molecule has 9 heteroatoms. The first-order valence-electron chi connectivity index (χ1n) is 8.40. The number of pyridine rings is 1. The lowest BCUT2D eigenvalue weighted by Crippen LogP contribution is -2.59. The van der Waals surface area contributed by atoms with E-state index >= 15 is 0 Å². The van der Waals surface area contributed by atoms with Gasteiger partial charge in [0.1, 0.15) is 6.54 Å². The number of amides is 1. The van der Waals surface area contributed by atoms with Crippen LogP contribution in [0, 0.1) is 0 Å². The smallest absolute Gasteiger partial charge is 0.337 e. The molecule has 0 saturated carbocycles. The summed E-state index contributed by atoms with van der Waals surface area (Å²) < 4.78 is 66.3. The molecule has 0 unspecified atom stereocenters. The van der Waals surface area contributed by atoms with Crippen LogP contribution >= 0.6 is 0 Å². The van der Waals surface area contributed by atoms with Crippen molar-refractivity contribution in [1.29, 1.82) is 0 Å². The number of aromatic nitrogens is 2. The molecule has 3 heterocycles. The topological polar surface area (TPSA) is 38.1 Å². The van der Waals surface area contributed by atoms with Gasteiger partial charge in [-0.25, -0.2) is 8.78 Å². The highest BCUT2D eigenvalue weighted by Gasteiger charge is 2.46. The average Bonchev–Trinajstić information content (AvgIpc) is 3.01. The number of rotatable bonds is 3. The molecule has 0 spiro atoms. The average molecular weight is 395 g/mol. The van der Waals surface area contributed by atoms with Crippen molar-refractivity contribution in [2.45, 2.75) is 18.6 Å². The number of halogens is 5. The van der Waals surface area contributed by atoms with Crippen molar-refractivity contribution < 1.29 is 26.7 Å². The summed E-state index contributed by atoms with van der Waals surface area (Å²) in [6.07, 6.45) is -1.40. The van der Waals surface area contributed by atoms with E-state index in [1.165, 1.54) is 12.3 Å². The maximum atomic E-state index is 12.9. The fourth-order valence-corrected chi connectivity index (χ4v) is 3.17. The van der Waals surface area contributed by atoms with Crippen molar-refractivity contribution in [3.8, 4) is 11.1 Å². The van der Waals surface area contributed by atoms with Gasteiger partial charge in [0.05, 0.1) is 29.7 Å². The van der Waals surface area contributed by atoms with E-state index in [4.69, 9.17) is 0 Å². The Labute approximate surface area is 156 Å². The Balaban J connectivity index is 1.63. The van der Waals surface area contributed by atoms with E-state index in [9.17, 15) is 26.7 Å². The van der Waals surface area contributed by atoms with Gasteiger partial charge in [0.2, 0.25) is 5.91 Å². The van der Waals surface area contributed by atoms with Crippen LogP contribution in [0.15, 0.2) is 48.8 Å². The molecule has 0 radical (unpaired) electrons. The van der Waals surface area contributed by atoms with Crippen molar-refractivity contribution in [2.24, 2.45) is 0 Å². The number of hydrogen-bond acceptors (Lipinski definition) is 2. The molecule has 1 aromatic carbocycles. The van der Waals surface area contributed by atoms with E-state index in [-0.39, 0.29) is 6.54 Å². The lowest BCUT2D eigenvalue weighted by molar-refractivity contribution is -0.166. The molecule has 1 saturated heterocycles. The zero-order valence-electron chi connectivity index (χ0n) is 14.4. The maximum absolute atomic E-state index is 12.9. The number of benzene rings is 1. The molecule has 0 aliphatic carbocycles. The van der Waals surface area contributed by atoms with Crippen LogP contribution in [0.3, 0.4) is 0 Å². The third-order valence-electron chi connectivity index (χ3n) is 4.65. The minimum absolute atomic E-state index is 0.146. The molecule has 0 atom stereocenters. The van der Waals surface area contributed by atoms with Crippen LogP contribution in [0.2, 0.25) is 0 Å². The first kappa shape index (κ1) is 18.4. The molecule has 4 rings (SSSR count). The largest absolute Gasteiger partial charge is 0.416 e. The van der Waals surface area contributed by atoms with Gasteiger partial charge in [0, 0.05) is 18.0 Å². The van der Waals surface area contributed by atoms with Gasteiger partial charge < -0.3 is 9.47 Å². The Hall–Kier alpha value is -2.97. The Morgan fingerprint density at radius 1 is 1.11 bits per heavy atom. The predicted octanol–water partition coefficient (Wildman–Crippen LogP) is 4.20. The van der Waals surface area contributed by atoms with E-state index < -0.39 is 36.7 Å². The summed E-state index contributed by atoms with van der Waals surface area (Å²) in [5.41, 5.74) is 1.12. The van der Waals surface area contributed by atoms with Gasteiger partial charge in [-0.1, -0.05) is 12.1 Å². The second kappa shape index (κ2) is 6.29. The van der Waals surface area contributed by atoms with Gasteiger partial charge in [-0.3, -0.25) is 9.78 Å². The minimum atomic E-state index is -4.46. The van der Waals surface area contributed by atoms with E-state index in [1.54, 1.807) is 29.0 Å². The summed E-state index contributed by atoms with van der Waals surface area (Å²) in [6, 6.07) is 8.16. The minimum Gasteiger partial charge on any atom is -0.337 e. The molecule has 2 aromatic heterocycles. The first-order valence-corrected chi connectivity index (χ1v) is 8.40. The fraction of sp³-hybridized carbons (Fsp3) is 0.263. The third-order valence-corrected chi connectivity index (χ3v) is 4.65. The molecule has 1 amide bonds. The summed E-state index contributed by atoms with van der Waals surface area (Å²) in [7, 11) is 0. The SMILES string of the molecule is O=C(Cn1ccc2ncc(-c3cccc(C(F)(F)F)c3)cc21)N1CC(F)(F)C1. The van der Waals surface area contributed by atoms with Gasteiger partial charge in [-0.05, 0) is 29.8 Å². The molecule has 4 nitrogen and oxygen atoms in total. The van der Waals surface area contributed by atoms with Crippen molar-refractivity contribution in [3.63, 3.8) is 0 Å². The molecular formula is C19H14F5N3O. The zero-order valence-corrected chi connectivity index (χ0v) is 14.4. The Bertz CT molecular complexity index is 1050. The third kappa shape index (κ3) is 3.44. The number of fused-ring (bicyclic) bond motifs is 1. The van der Waals surface area contributed by atoms with Gasteiger partial charge in [-0.15, -0.1) is 0 Å². The summed E-state index contributed by atoms with van der Waals surface area (Å²) in [5, 5.41) is 0. The number of carbonyl (C=O) groups is 1. The summed E-state index contributed by atoms with van der Waals surface area (Å²) >= 11 is 0. The van der Waals surface area contributed by atoms with E-state index in [0.29, 0.717) is 22.2 Å². The monoisotopic (exact) mass is 395 g/mol. The van der Waals surface area contributed by atoms with Crippen molar-refractivity contribution in [1.82, 2.24) is 14.5 Å². The van der Waals surface area contributed by atoms with Crippen LogP contribution in [0.25, 0.3) is 22.2 Å². The van der Waals surface area contributed by atoms with E-state index in [1.807, 2.05) is 0 Å². The fourth-order valence-electron chi connectivity index (χ4n) is 3.17. The second-order valence-corrected chi connectivity index (χ2v) is 6.76. The standard InChI is InChI=1S/C19H14F5N3O/c20-18(21)10-27(11-18)17(28)9-26-5-4-15-16(26)7-13(8-25-15)12-2-1-3-14(6-12)19(22,23)24/h1-8H,9-11H2. The molecule has 0 bridgehead atoms. The van der Waals surface area contributed by atoms with Crippen LogP contribution in [0.5, 0.6) is 0 Å². The quantitative estimate of drug-likeness (QED) is 0.624. The van der Waals surface area contributed by atoms with Crippen LogP contribution in [-0.2, 0) is 17.5 Å². The molecule has 28 heavy (non-hydrogen) atoms. The first-order chi connectivity index (χ1) is 13.1. The zero-order chi connectivity index (χ0) is 20.1. The maximum Gasteiger partial charge on any atom is 0.416 e. The normalized spacial score (nSPS) is 16.2. The number of nitrogens with zero attached hydrogens (tertiary/aromatic N) is 3. The molecule has 1 aliphatic rings. The van der Waals surface area contributed by atoms with E-state index in [2.05, 4.69) is 4.98 Å². The molecule has 1 aliphatic heterocycles. The number of carbonyl (C=O) groups excluding carboxylic acids is 1. The Morgan fingerprint density at radius 3 is 2.54 bits per heavy atom.